The summed E-state index contributed by atoms with van der Waals surface area (Å²) in [4.78, 5) is 0. The predicted octanol–water partition coefficient (Wildman–Crippen LogP) is 8.59. The molecule has 0 aromatic heterocycles. The van der Waals surface area contributed by atoms with E-state index in [-0.39, 0.29) is 39.7 Å². The monoisotopic (exact) mass is 624 g/mol. The molecule has 1 spiro atoms. The molecule has 2 aromatic rings. The van der Waals surface area contributed by atoms with Crippen LogP contribution in [0.15, 0.2) is 24.3 Å². The lowest BCUT2D eigenvalue weighted by atomic mass is 9.78. The molecule has 0 radical (unpaired) electrons. The van der Waals surface area contributed by atoms with Gasteiger partial charge in [0, 0.05) is 12.8 Å². The van der Waals surface area contributed by atoms with Crippen molar-refractivity contribution in [2.75, 3.05) is 26.4 Å². The van der Waals surface area contributed by atoms with Crippen molar-refractivity contribution in [3.8, 4) is 11.5 Å². The van der Waals surface area contributed by atoms with E-state index in [2.05, 4.69) is 95.2 Å². The maximum Gasteiger partial charge on any atom is 0.157 e. The second-order valence-electron chi connectivity index (χ2n) is 17.7. The molecule has 0 unspecified atom stereocenters. The van der Waals surface area contributed by atoms with Crippen LogP contribution in [0.1, 0.15) is 129 Å². The Balaban J connectivity index is 1.33. The van der Waals surface area contributed by atoms with Crippen molar-refractivity contribution in [2.24, 2.45) is 5.41 Å². The van der Waals surface area contributed by atoms with E-state index in [0.29, 0.717) is 37.9 Å². The highest BCUT2D eigenvalue weighted by molar-refractivity contribution is 5.48. The Morgan fingerprint density at radius 3 is 1.07 bits per heavy atom. The summed E-state index contributed by atoms with van der Waals surface area (Å²) in [6.07, 6.45) is 2.56. The van der Waals surface area contributed by atoms with Gasteiger partial charge in [0.2, 0.25) is 0 Å². The third kappa shape index (κ3) is 8.62. The smallest absolute Gasteiger partial charge is 0.157 e. The van der Waals surface area contributed by atoms with Crippen molar-refractivity contribution < 1.29 is 29.2 Å². The topological polar surface area (TPSA) is 77.4 Å². The molecule has 2 aliphatic heterocycles. The number of aryl methyl sites for hydroxylation is 2. The molecule has 2 fully saturated rings. The van der Waals surface area contributed by atoms with Crippen LogP contribution in [0.3, 0.4) is 0 Å². The number of benzene rings is 2. The molecule has 0 saturated carbocycles. The van der Waals surface area contributed by atoms with Gasteiger partial charge in [0.05, 0.1) is 31.8 Å². The van der Waals surface area contributed by atoms with Gasteiger partial charge in [-0.15, -0.1) is 0 Å². The highest BCUT2D eigenvalue weighted by atomic mass is 16.7. The summed E-state index contributed by atoms with van der Waals surface area (Å²) >= 11 is 0. The third-order valence-electron chi connectivity index (χ3n) is 9.28. The Bertz CT molecular complexity index is 1210. The van der Waals surface area contributed by atoms with E-state index in [1.54, 1.807) is 0 Å². The van der Waals surface area contributed by atoms with Gasteiger partial charge in [-0.25, -0.2) is 0 Å². The minimum absolute atomic E-state index is 0.0830. The summed E-state index contributed by atoms with van der Waals surface area (Å²) in [5.74, 6) is 0.734. The van der Waals surface area contributed by atoms with Crippen LogP contribution < -0.4 is 0 Å². The van der Waals surface area contributed by atoms with E-state index in [0.717, 1.165) is 47.9 Å². The van der Waals surface area contributed by atoms with Crippen LogP contribution in [0.25, 0.3) is 0 Å². The average Bonchev–Trinajstić information content (AvgIpc) is 2.91. The quantitative estimate of drug-likeness (QED) is 0.335. The zero-order valence-electron chi connectivity index (χ0n) is 30.1. The summed E-state index contributed by atoms with van der Waals surface area (Å²) in [7, 11) is 0. The van der Waals surface area contributed by atoms with Crippen molar-refractivity contribution in [1.82, 2.24) is 0 Å². The van der Waals surface area contributed by atoms with E-state index in [1.165, 1.54) is 11.1 Å². The Kier molecular flexibility index (Phi) is 10.2. The normalized spacial score (nSPS) is 23.5. The molecule has 2 aromatic carbocycles. The van der Waals surface area contributed by atoms with Crippen LogP contribution in [0, 0.1) is 5.41 Å². The molecule has 2 saturated heterocycles. The maximum atomic E-state index is 10.8. The second kappa shape index (κ2) is 12.8. The molecule has 252 valence electrons. The van der Waals surface area contributed by atoms with Crippen LogP contribution in [-0.2, 0) is 53.4 Å². The standard InChI is InChI=1S/C39H60O6/c1-35(2,3)27-19-31(40)29(37(7,8)9)17-25(27)13-15-33-42-21-39(22-43-33)23-44-34(45-24-39)16-14-26-18-30(38(10,11)12)32(41)20-28(26)36(4,5)6/h17-20,33-34,40-41H,13-16,21-24H2,1-12H3. The Labute approximate surface area is 272 Å². The largest absolute Gasteiger partial charge is 0.508 e. The van der Waals surface area contributed by atoms with E-state index < -0.39 is 0 Å². The van der Waals surface area contributed by atoms with Crippen molar-refractivity contribution >= 4 is 0 Å². The van der Waals surface area contributed by atoms with Gasteiger partial charge >= 0.3 is 0 Å². The van der Waals surface area contributed by atoms with E-state index in [1.807, 2.05) is 12.1 Å². The molecular weight excluding hydrogens is 564 g/mol. The number of phenolic OH excluding ortho intramolecular Hbond substituents is 2. The van der Waals surface area contributed by atoms with Gasteiger partial charge in [0.1, 0.15) is 11.5 Å². The van der Waals surface area contributed by atoms with Gasteiger partial charge in [-0.2, -0.15) is 0 Å². The molecule has 0 amide bonds. The number of phenols is 2. The fourth-order valence-electron chi connectivity index (χ4n) is 6.58. The molecule has 0 atom stereocenters. The number of rotatable bonds is 6. The first-order valence-electron chi connectivity index (χ1n) is 16.8. The highest BCUT2D eigenvalue weighted by Crippen LogP contribution is 2.40. The molecule has 0 bridgehead atoms. The van der Waals surface area contributed by atoms with Gasteiger partial charge in [0.25, 0.3) is 0 Å². The molecule has 2 aliphatic rings. The van der Waals surface area contributed by atoms with E-state index in [9.17, 15) is 10.2 Å². The van der Waals surface area contributed by atoms with Gasteiger partial charge in [-0.1, -0.05) is 95.2 Å². The van der Waals surface area contributed by atoms with Crippen LogP contribution in [-0.4, -0.2) is 49.2 Å². The lowest BCUT2D eigenvalue weighted by molar-refractivity contribution is -0.303. The lowest BCUT2D eigenvalue weighted by Gasteiger charge is -2.44. The fourth-order valence-corrected chi connectivity index (χ4v) is 6.58. The third-order valence-corrected chi connectivity index (χ3v) is 9.28. The Morgan fingerprint density at radius 2 is 0.800 bits per heavy atom. The molecule has 6 heteroatoms. The van der Waals surface area contributed by atoms with Crippen molar-refractivity contribution in [2.45, 2.75) is 143 Å². The molecule has 6 nitrogen and oxygen atoms in total. The summed E-state index contributed by atoms with van der Waals surface area (Å²) < 4.78 is 25.0. The zero-order valence-corrected chi connectivity index (χ0v) is 30.1. The fraction of sp³-hybridized carbons (Fsp3) is 0.692. The number of hydrogen-bond donors (Lipinski definition) is 2. The first-order chi connectivity index (χ1) is 20.6. The number of aromatic hydroxyl groups is 2. The van der Waals surface area contributed by atoms with E-state index in [4.69, 9.17) is 18.9 Å². The van der Waals surface area contributed by atoms with Crippen LogP contribution in [0.2, 0.25) is 0 Å². The first-order valence-corrected chi connectivity index (χ1v) is 16.8. The number of hydrogen-bond acceptors (Lipinski definition) is 6. The molecule has 2 heterocycles. The number of ether oxygens (including phenoxy) is 4. The summed E-state index contributed by atoms with van der Waals surface area (Å²) in [5, 5.41) is 21.6. The van der Waals surface area contributed by atoms with Crippen LogP contribution >= 0.6 is 0 Å². The Morgan fingerprint density at radius 1 is 0.511 bits per heavy atom. The first kappa shape index (κ1) is 35.7. The van der Waals surface area contributed by atoms with Gasteiger partial charge in [0.15, 0.2) is 12.6 Å². The SMILES string of the molecule is CC(C)(C)c1cc(CCC2OCC3(CO2)COC(CCc2cc(C(C)(C)C)c(O)cc2C(C)(C)C)OC3)c(C(C)(C)C)cc1O. The lowest BCUT2D eigenvalue weighted by Crippen LogP contribution is -2.52. The maximum absolute atomic E-state index is 10.8. The van der Waals surface area contributed by atoms with E-state index >= 15 is 0 Å². The highest BCUT2D eigenvalue weighted by Gasteiger charge is 2.42. The summed E-state index contributed by atoms with van der Waals surface area (Å²) in [5.41, 5.74) is 5.99. The second-order valence-corrected chi connectivity index (χ2v) is 17.7. The molecule has 0 aliphatic carbocycles. The minimum atomic E-state index is -0.296. The summed E-state index contributed by atoms with van der Waals surface area (Å²) in [6, 6.07) is 8.26. The molecule has 4 rings (SSSR count). The Hall–Kier alpha value is -2.12. The molecule has 45 heavy (non-hydrogen) atoms. The van der Waals surface area contributed by atoms with Gasteiger partial charge in [-0.3, -0.25) is 0 Å². The molecular formula is C39H60O6. The van der Waals surface area contributed by atoms with Crippen molar-refractivity contribution in [3.05, 3.63) is 57.6 Å². The van der Waals surface area contributed by atoms with Gasteiger partial charge < -0.3 is 29.2 Å². The average molecular weight is 625 g/mol. The predicted molar refractivity (Wildman–Crippen MR) is 181 cm³/mol. The van der Waals surface area contributed by atoms with Crippen molar-refractivity contribution in [1.29, 1.82) is 0 Å². The van der Waals surface area contributed by atoms with Gasteiger partial charge in [-0.05, 0) is 80.0 Å². The molecule has 2 N–H and O–H groups in total. The van der Waals surface area contributed by atoms with Crippen LogP contribution in [0.4, 0.5) is 0 Å². The van der Waals surface area contributed by atoms with Crippen LogP contribution in [0.5, 0.6) is 11.5 Å². The minimum Gasteiger partial charge on any atom is -0.508 e. The van der Waals surface area contributed by atoms with Crippen molar-refractivity contribution in [3.63, 3.8) is 0 Å². The zero-order chi connectivity index (χ0) is 33.6. The summed E-state index contributed by atoms with van der Waals surface area (Å²) in [6.45, 7) is 28.1.